The number of aliphatic carboxylic acids is 1. The normalized spacial score (nSPS) is 19.4. The van der Waals surface area contributed by atoms with Crippen molar-refractivity contribution in [2.45, 2.75) is 57.9 Å². The number of rotatable bonds is 5. The summed E-state index contributed by atoms with van der Waals surface area (Å²) in [6, 6.07) is 2.33. The zero-order chi connectivity index (χ0) is 14.5. The minimum atomic E-state index is -0.721. The third kappa shape index (κ3) is 3.68. The first-order chi connectivity index (χ1) is 9.58. The van der Waals surface area contributed by atoms with Crippen LogP contribution in [0.3, 0.4) is 0 Å². The number of carboxylic acid groups (broad SMARTS) is 1. The van der Waals surface area contributed by atoms with Gasteiger partial charge in [-0.25, -0.2) is 9.97 Å². The number of carboxylic acids is 1. The molecule has 1 aliphatic heterocycles. The minimum absolute atomic E-state index is 0.225. The van der Waals surface area contributed by atoms with E-state index in [1.165, 1.54) is 6.42 Å². The van der Waals surface area contributed by atoms with E-state index in [2.05, 4.69) is 28.7 Å². The van der Waals surface area contributed by atoms with Crippen LogP contribution >= 0.6 is 0 Å². The Morgan fingerprint density at radius 1 is 1.45 bits per heavy atom. The maximum Gasteiger partial charge on any atom is 0.303 e. The summed E-state index contributed by atoms with van der Waals surface area (Å²) in [4.78, 5) is 21.7. The van der Waals surface area contributed by atoms with Crippen LogP contribution in [-0.2, 0) is 4.79 Å². The lowest BCUT2D eigenvalue weighted by atomic mass is 9.97. The first-order valence-corrected chi connectivity index (χ1v) is 7.38. The summed E-state index contributed by atoms with van der Waals surface area (Å²) in [5, 5.41) is 8.87. The van der Waals surface area contributed by atoms with Crippen LogP contribution in [0.15, 0.2) is 12.4 Å². The van der Waals surface area contributed by atoms with Gasteiger partial charge in [-0.3, -0.25) is 4.79 Å². The van der Waals surface area contributed by atoms with Gasteiger partial charge in [0.25, 0.3) is 0 Å². The Kier molecular flexibility index (Phi) is 4.93. The fourth-order valence-corrected chi connectivity index (χ4v) is 2.73. The summed E-state index contributed by atoms with van der Waals surface area (Å²) in [5.74, 6) is 0.596. The first-order valence-electron chi connectivity index (χ1n) is 7.38. The minimum Gasteiger partial charge on any atom is -0.481 e. The van der Waals surface area contributed by atoms with E-state index in [1.54, 1.807) is 6.33 Å². The second-order valence-electron chi connectivity index (χ2n) is 5.73. The van der Waals surface area contributed by atoms with Crippen molar-refractivity contribution in [2.24, 2.45) is 0 Å². The summed E-state index contributed by atoms with van der Waals surface area (Å²) in [5.41, 5.74) is 1.04. The molecule has 2 heterocycles. The van der Waals surface area contributed by atoms with Crippen LogP contribution in [0.4, 0.5) is 5.82 Å². The lowest BCUT2D eigenvalue weighted by Gasteiger charge is -2.36. The van der Waals surface area contributed by atoms with Crippen LogP contribution in [0.1, 0.15) is 57.6 Å². The first kappa shape index (κ1) is 14.8. The van der Waals surface area contributed by atoms with E-state index in [0.717, 1.165) is 30.9 Å². The van der Waals surface area contributed by atoms with Crippen LogP contribution in [-0.4, -0.2) is 33.6 Å². The fourth-order valence-electron chi connectivity index (χ4n) is 2.73. The number of anilines is 1. The Hall–Kier alpha value is -1.65. The zero-order valence-corrected chi connectivity index (χ0v) is 12.2. The highest BCUT2D eigenvalue weighted by Gasteiger charge is 2.24. The van der Waals surface area contributed by atoms with Gasteiger partial charge in [0.1, 0.15) is 12.1 Å². The molecule has 0 radical (unpaired) electrons. The summed E-state index contributed by atoms with van der Waals surface area (Å²) in [6.07, 6.45) is 5.90. The summed E-state index contributed by atoms with van der Waals surface area (Å²) < 4.78 is 0. The second kappa shape index (κ2) is 6.68. The Labute approximate surface area is 120 Å². The molecular weight excluding hydrogens is 254 g/mol. The van der Waals surface area contributed by atoms with E-state index in [1.807, 2.05) is 6.07 Å². The van der Waals surface area contributed by atoms with E-state index < -0.39 is 5.97 Å². The maximum atomic E-state index is 10.8. The van der Waals surface area contributed by atoms with Gasteiger partial charge >= 0.3 is 5.97 Å². The molecule has 0 saturated carbocycles. The van der Waals surface area contributed by atoms with Crippen LogP contribution in [0.5, 0.6) is 0 Å². The molecule has 1 unspecified atom stereocenters. The van der Waals surface area contributed by atoms with Crippen molar-refractivity contribution >= 4 is 11.8 Å². The molecule has 0 aromatic carbocycles. The van der Waals surface area contributed by atoms with Crippen molar-refractivity contribution in [2.75, 3.05) is 11.4 Å². The van der Waals surface area contributed by atoms with Gasteiger partial charge < -0.3 is 10.0 Å². The van der Waals surface area contributed by atoms with Crippen LogP contribution in [0, 0.1) is 0 Å². The molecule has 5 heteroatoms. The predicted octanol–water partition coefficient (Wildman–Crippen LogP) is 2.82. The van der Waals surface area contributed by atoms with E-state index in [-0.39, 0.29) is 12.5 Å². The quantitative estimate of drug-likeness (QED) is 0.896. The number of piperidine rings is 1. The molecule has 1 N–H and O–H groups in total. The third-order valence-electron chi connectivity index (χ3n) is 3.88. The Bertz CT molecular complexity index is 462. The molecule has 0 spiro atoms. The van der Waals surface area contributed by atoms with E-state index in [9.17, 15) is 4.79 Å². The van der Waals surface area contributed by atoms with Gasteiger partial charge in [0.05, 0.1) is 0 Å². The van der Waals surface area contributed by atoms with Crippen molar-refractivity contribution in [3.05, 3.63) is 18.1 Å². The van der Waals surface area contributed by atoms with Gasteiger partial charge in [-0.1, -0.05) is 13.8 Å². The largest absolute Gasteiger partial charge is 0.481 e. The van der Waals surface area contributed by atoms with Crippen LogP contribution < -0.4 is 4.90 Å². The predicted molar refractivity (Wildman–Crippen MR) is 78.0 cm³/mol. The van der Waals surface area contributed by atoms with Crippen molar-refractivity contribution in [1.82, 2.24) is 9.97 Å². The van der Waals surface area contributed by atoms with Gasteiger partial charge in [-0.05, 0) is 31.6 Å². The van der Waals surface area contributed by atoms with Crippen LogP contribution in [0.25, 0.3) is 0 Å². The Morgan fingerprint density at radius 2 is 2.25 bits per heavy atom. The average molecular weight is 277 g/mol. The standard InChI is InChI=1S/C15H23N3O2/c1-11(2)13-9-14(17-10-16-13)18-8-4-3-5-12(18)6-7-15(19)20/h9-12H,3-8H2,1-2H3,(H,19,20). The molecule has 1 saturated heterocycles. The smallest absolute Gasteiger partial charge is 0.303 e. The molecule has 0 bridgehead atoms. The van der Waals surface area contributed by atoms with Gasteiger partial charge in [-0.15, -0.1) is 0 Å². The monoisotopic (exact) mass is 277 g/mol. The average Bonchev–Trinajstić information content (AvgIpc) is 2.45. The van der Waals surface area contributed by atoms with Crippen molar-refractivity contribution in [1.29, 1.82) is 0 Å². The van der Waals surface area contributed by atoms with Crippen molar-refractivity contribution < 1.29 is 9.90 Å². The topological polar surface area (TPSA) is 66.3 Å². The summed E-state index contributed by atoms with van der Waals surface area (Å²) in [7, 11) is 0. The highest BCUT2D eigenvalue weighted by Crippen LogP contribution is 2.27. The summed E-state index contributed by atoms with van der Waals surface area (Å²) in [6.45, 7) is 5.19. The molecule has 20 heavy (non-hydrogen) atoms. The molecule has 5 nitrogen and oxygen atoms in total. The number of hydrogen-bond acceptors (Lipinski definition) is 4. The maximum absolute atomic E-state index is 10.8. The van der Waals surface area contributed by atoms with Crippen molar-refractivity contribution in [3.63, 3.8) is 0 Å². The van der Waals surface area contributed by atoms with Crippen molar-refractivity contribution in [3.8, 4) is 0 Å². The molecule has 1 fully saturated rings. The Morgan fingerprint density at radius 3 is 2.95 bits per heavy atom. The molecule has 1 aliphatic rings. The number of aromatic nitrogens is 2. The summed E-state index contributed by atoms with van der Waals surface area (Å²) >= 11 is 0. The number of hydrogen-bond donors (Lipinski definition) is 1. The van der Waals surface area contributed by atoms with Gasteiger partial charge in [-0.2, -0.15) is 0 Å². The van der Waals surface area contributed by atoms with Gasteiger partial charge in [0, 0.05) is 30.8 Å². The van der Waals surface area contributed by atoms with E-state index in [4.69, 9.17) is 5.11 Å². The zero-order valence-electron chi connectivity index (χ0n) is 12.2. The van der Waals surface area contributed by atoms with Gasteiger partial charge in [0.2, 0.25) is 0 Å². The van der Waals surface area contributed by atoms with E-state index >= 15 is 0 Å². The fraction of sp³-hybridized carbons (Fsp3) is 0.667. The molecule has 110 valence electrons. The lowest BCUT2D eigenvalue weighted by molar-refractivity contribution is -0.137. The third-order valence-corrected chi connectivity index (χ3v) is 3.88. The molecule has 1 aromatic rings. The SMILES string of the molecule is CC(C)c1cc(N2CCCCC2CCC(=O)O)ncn1. The molecule has 2 rings (SSSR count). The molecule has 0 aliphatic carbocycles. The molecule has 0 amide bonds. The molecular formula is C15H23N3O2. The highest BCUT2D eigenvalue weighted by atomic mass is 16.4. The van der Waals surface area contributed by atoms with Crippen LogP contribution in [0.2, 0.25) is 0 Å². The molecule has 1 atom stereocenters. The van der Waals surface area contributed by atoms with E-state index in [0.29, 0.717) is 12.3 Å². The number of nitrogens with zero attached hydrogens (tertiary/aromatic N) is 3. The second-order valence-corrected chi connectivity index (χ2v) is 5.73. The number of carbonyl (C=O) groups is 1. The lowest BCUT2D eigenvalue weighted by Crippen LogP contribution is -2.40. The van der Waals surface area contributed by atoms with Gasteiger partial charge in [0.15, 0.2) is 0 Å². The highest BCUT2D eigenvalue weighted by molar-refractivity contribution is 5.66. The molecule has 1 aromatic heterocycles. The Balaban J connectivity index is 2.14.